The quantitative estimate of drug-likeness (QED) is 0.653. The molecule has 0 heterocycles. The van der Waals surface area contributed by atoms with Crippen LogP contribution in [0.25, 0.3) is 0 Å². The maximum atomic E-state index is 12.0. The van der Waals surface area contributed by atoms with E-state index in [-0.39, 0.29) is 17.5 Å². The largest absolute Gasteiger partial charge is 0.360 e. The zero-order chi connectivity index (χ0) is 15.2. The minimum Gasteiger partial charge on any atom is -0.360 e. The first-order chi connectivity index (χ1) is 10.1. The van der Waals surface area contributed by atoms with Crippen molar-refractivity contribution in [2.24, 2.45) is 0 Å². The Kier molecular flexibility index (Phi) is 5.49. The molecular formula is C15H15Cl2N3O. The van der Waals surface area contributed by atoms with Gasteiger partial charge in [-0.1, -0.05) is 36.0 Å². The number of nitrogens with zero attached hydrogens (tertiary/aromatic N) is 1. The summed E-state index contributed by atoms with van der Waals surface area (Å²) in [6.07, 6.45) is 5.58. The Morgan fingerprint density at radius 1 is 1.29 bits per heavy atom. The Hall–Kier alpha value is -1.70. The smallest absolute Gasteiger partial charge is 0.263 e. The van der Waals surface area contributed by atoms with E-state index < -0.39 is 0 Å². The molecule has 6 heteroatoms. The molecule has 1 amide bonds. The average Bonchev–Trinajstić information content (AvgIpc) is 2.96. The van der Waals surface area contributed by atoms with Gasteiger partial charge in [-0.3, -0.25) is 4.79 Å². The maximum absolute atomic E-state index is 12.0. The molecule has 1 fully saturated rings. The molecule has 0 saturated heterocycles. The van der Waals surface area contributed by atoms with Crippen molar-refractivity contribution >= 4 is 34.8 Å². The summed E-state index contributed by atoms with van der Waals surface area (Å²) in [5, 5.41) is 15.7. The summed E-state index contributed by atoms with van der Waals surface area (Å²) in [6, 6.07) is 7.07. The number of rotatable bonds is 4. The molecule has 4 nitrogen and oxygen atoms in total. The van der Waals surface area contributed by atoms with Gasteiger partial charge in [-0.25, -0.2) is 0 Å². The van der Waals surface area contributed by atoms with Crippen molar-refractivity contribution in [3.05, 3.63) is 40.0 Å². The molecule has 0 spiro atoms. The number of anilines is 1. The van der Waals surface area contributed by atoms with Crippen LogP contribution in [-0.2, 0) is 4.79 Å². The lowest BCUT2D eigenvalue weighted by Crippen LogP contribution is -2.33. The highest BCUT2D eigenvalue weighted by Crippen LogP contribution is 2.25. The van der Waals surface area contributed by atoms with E-state index in [9.17, 15) is 4.79 Å². The molecular weight excluding hydrogens is 309 g/mol. The molecule has 0 aromatic heterocycles. The Morgan fingerprint density at radius 2 is 2.00 bits per heavy atom. The van der Waals surface area contributed by atoms with E-state index in [4.69, 9.17) is 28.5 Å². The molecule has 1 aliphatic carbocycles. The summed E-state index contributed by atoms with van der Waals surface area (Å²) in [7, 11) is 0. The first-order valence-corrected chi connectivity index (χ1v) is 7.48. The van der Waals surface area contributed by atoms with Crippen LogP contribution in [0.4, 0.5) is 5.69 Å². The lowest BCUT2D eigenvalue weighted by molar-refractivity contribution is -0.117. The molecule has 1 aromatic rings. The third-order valence-corrected chi connectivity index (χ3v) is 4.10. The predicted molar refractivity (Wildman–Crippen MR) is 84.2 cm³/mol. The highest BCUT2D eigenvalue weighted by molar-refractivity contribution is 6.42. The maximum Gasteiger partial charge on any atom is 0.263 e. The Labute approximate surface area is 133 Å². The summed E-state index contributed by atoms with van der Waals surface area (Å²) in [5.41, 5.74) is 0.693. The normalized spacial score (nSPS) is 15.6. The van der Waals surface area contributed by atoms with Crippen molar-refractivity contribution in [2.45, 2.75) is 31.7 Å². The van der Waals surface area contributed by atoms with Gasteiger partial charge in [0, 0.05) is 17.9 Å². The molecule has 110 valence electrons. The zero-order valence-electron chi connectivity index (χ0n) is 11.3. The molecule has 1 aliphatic rings. The second kappa shape index (κ2) is 7.35. The van der Waals surface area contributed by atoms with Crippen LogP contribution < -0.4 is 10.6 Å². The van der Waals surface area contributed by atoms with Gasteiger partial charge in [-0.05, 0) is 31.0 Å². The molecule has 2 rings (SSSR count). The number of carbonyl (C=O) groups is 1. The van der Waals surface area contributed by atoms with E-state index in [1.54, 1.807) is 18.2 Å². The fraction of sp³-hybridized carbons (Fsp3) is 0.333. The predicted octanol–water partition coefficient (Wildman–Crippen LogP) is 3.87. The fourth-order valence-electron chi connectivity index (χ4n) is 2.22. The van der Waals surface area contributed by atoms with Crippen molar-refractivity contribution in [3.63, 3.8) is 0 Å². The SMILES string of the molecule is N#C/C(=C/Nc1ccc(Cl)c(Cl)c1)C(=O)NC1CCCC1. The number of hydrogen-bond acceptors (Lipinski definition) is 3. The van der Waals surface area contributed by atoms with Gasteiger partial charge in [0.05, 0.1) is 10.0 Å². The van der Waals surface area contributed by atoms with E-state index in [0.717, 1.165) is 25.7 Å². The number of carbonyl (C=O) groups excluding carboxylic acids is 1. The number of benzene rings is 1. The van der Waals surface area contributed by atoms with Crippen LogP contribution >= 0.6 is 23.2 Å². The molecule has 21 heavy (non-hydrogen) atoms. The second-order valence-corrected chi connectivity index (χ2v) is 5.71. The summed E-state index contributed by atoms with van der Waals surface area (Å²) < 4.78 is 0. The topological polar surface area (TPSA) is 64.9 Å². The average molecular weight is 324 g/mol. The van der Waals surface area contributed by atoms with E-state index >= 15 is 0 Å². The van der Waals surface area contributed by atoms with E-state index in [0.29, 0.717) is 15.7 Å². The summed E-state index contributed by atoms with van der Waals surface area (Å²) >= 11 is 11.7. The molecule has 2 N–H and O–H groups in total. The number of nitrogens with one attached hydrogen (secondary N) is 2. The van der Waals surface area contributed by atoms with E-state index in [1.165, 1.54) is 6.20 Å². The van der Waals surface area contributed by atoms with Crippen LogP contribution in [0.5, 0.6) is 0 Å². The van der Waals surface area contributed by atoms with Crippen LogP contribution in [0, 0.1) is 11.3 Å². The van der Waals surface area contributed by atoms with Gasteiger partial charge in [-0.2, -0.15) is 5.26 Å². The number of halogens is 2. The number of amides is 1. The van der Waals surface area contributed by atoms with Crippen LogP contribution in [0.2, 0.25) is 10.0 Å². The Balaban J connectivity index is 2.00. The third-order valence-electron chi connectivity index (χ3n) is 3.36. The van der Waals surface area contributed by atoms with Gasteiger partial charge in [0.25, 0.3) is 5.91 Å². The molecule has 0 aliphatic heterocycles. The molecule has 0 atom stereocenters. The van der Waals surface area contributed by atoms with Crippen molar-refractivity contribution in [1.82, 2.24) is 5.32 Å². The standard InChI is InChI=1S/C15H15Cl2N3O/c16-13-6-5-12(7-14(13)17)19-9-10(8-18)15(21)20-11-3-1-2-4-11/h5-7,9,11,19H,1-4H2,(H,20,21)/b10-9-. The molecule has 0 radical (unpaired) electrons. The molecule has 0 unspecified atom stereocenters. The third kappa shape index (κ3) is 4.38. The Bertz CT molecular complexity index is 601. The van der Waals surface area contributed by atoms with Crippen LogP contribution in [0.1, 0.15) is 25.7 Å². The Morgan fingerprint density at radius 3 is 2.62 bits per heavy atom. The minimum absolute atomic E-state index is 0.0352. The summed E-state index contributed by atoms with van der Waals surface area (Å²) in [5.74, 6) is -0.350. The van der Waals surface area contributed by atoms with E-state index in [2.05, 4.69) is 10.6 Å². The van der Waals surface area contributed by atoms with Gasteiger partial charge < -0.3 is 10.6 Å². The molecule has 1 saturated carbocycles. The lowest BCUT2D eigenvalue weighted by atomic mass is 10.2. The van der Waals surface area contributed by atoms with Crippen LogP contribution in [-0.4, -0.2) is 11.9 Å². The monoisotopic (exact) mass is 323 g/mol. The van der Waals surface area contributed by atoms with Crippen LogP contribution in [0.15, 0.2) is 30.0 Å². The lowest BCUT2D eigenvalue weighted by Gasteiger charge is -2.11. The van der Waals surface area contributed by atoms with Crippen molar-refractivity contribution in [1.29, 1.82) is 5.26 Å². The van der Waals surface area contributed by atoms with Gasteiger partial charge in [0.1, 0.15) is 11.6 Å². The van der Waals surface area contributed by atoms with Crippen molar-refractivity contribution in [2.75, 3.05) is 5.32 Å². The van der Waals surface area contributed by atoms with Gasteiger partial charge in [0.2, 0.25) is 0 Å². The number of hydrogen-bond donors (Lipinski definition) is 2. The van der Waals surface area contributed by atoms with Gasteiger partial charge >= 0.3 is 0 Å². The summed E-state index contributed by atoms with van der Waals surface area (Å²) in [6.45, 7) is 0. The van der Waals surface area contributed by atoms with Crippen molar-refractivity contribution in [3.8, 4) is 6.07 Å². The first kappa shape index (κ1) is 15.7. The summed E-state index contributed by atoms with van der Waals surface area (Å²) in [4.78, 5) is 12.0. The first-order valence-electron chi connectivity index (χ1n) is 6.73. The highest BCUT2D eigenvalue weighted by Gasteiger charge is 2.19. The van der Waals surface area contributed by atoms with Crippen molar-refractivity contribution < 1.29 is 4.79 Å². The molecule has 1 aromatic carbocycles. The fourth-order valence-corrected chi connectivity index (χ4v) is 2.52. The van der Waals surface area contributed by atoms with Gasteiger partial charge in [0.15, 0.2) is 0 Å². The molecule has 0 bridgehead atoms. The zero-order valence-corrected chi connectivity index (χ0v) is 12.8. The number of nitriles is 1. The highest BCUT2D eigenvalue weighted by atomic mass is 35.5. The minimum atomic E-state index is -0.350. The van der Waals surface area contributed by atoms with Crippen LogP contribution in [0.3, 0.4) is 0 Å². The second-order valence-electron chi connectivity index (χ2n) is 4.90. The van der Waals surface area contributed by atoms with Gasteiger partial charge in [-0.15, -0.1) is 0 Å². The van der Waals surface area contributed by atoms with E-state index in [1.807, 2.05) is 6.07 Å².